The normalized spacial score (nSPS) is 19.0. The molecule has 0 radical (unpaired) electrons. The van der Waals surface area contributed by atoms with Crippen LogP contribution in [-0.2, 0) is 11.3 Å². The van der Waals surface area contributed by atoms with Gasteiger partial charge in [0.1, 0.15) is 5.82 Å². The molecule has 1 aliphatic rings. The molecule has 3 rings (SSSR count). The Bertz CT molecular complexity index is 837. The highest BCUT2D eigenvalue weighted by molar-refractivity contribution is 8.15. The van der Waals surface area contributed by atoms with Crippen LogP contribution < -0.4 is 0 Å². The molecule has 1 amide bonds. The second-order valence-electron chi connectivity index (χ2n) is 5.74. The van der Waals surface area contributed by atoms with Crippen LogP contribution in [0.25, 0.3) is 0 Å². The summed E-state index contributed by atoms with van der Waals surface area (Å²) in [4.78, 5) is 14.2. The van der Waals surface area contributed by atoms with E-state index in [1.807, 2.05) is 19.1 Å². The van der Waals surface area contributed by atoms with Crippen molar-refractivity contribution >= 4 is 40.7 Å². The summed E-state index contributed by atoms with van der Waals surface area (Å²) in [5.74, 6) is -0.300. The fourth-order valence-corrected chi connectivity index (χ4v) is 3.61. The summed E-state index contributed by atoms with van der Waals surface area (Å²) in [6.45, 7) is 2.31. The molecule has 1 fully saturated rings. The predicted octanol–water partition coefficient (Wildman–Crippen LogP) is 4.72. The topological polar surface area (TPSA) is 45.0 Å². The molecule has 26 heavy (non-hydrogen) atoms. The largest absolute Gasteiger partial charge is 0.284 e. The monoisotopic (exact) mass is 389 g/mol. The highest BCUT2D eigenvalue weighted by Gasteiger charge is 2.36. The number of hydrogen-bond acceptors (Lipinski definition) is 4. The maximum Gasteiger partial charge on any atom is 0.242 e. The van der Waals surface area contributed by atoms with Crippen molar-refractivity contribution in [2.24, 2.45) is 10.2 Å². The van der Waals surface area contributed by atoms with E-state index in [2.05, 4.69) is 10.2 Å². The summed E-state index contributed by atoms with van der Waals surface area (Å²) in [7, 11) is 0. The molecule has 1 atom stereocenters. The van der Waals surface area contributed by atoms with Gasteiger partial charge in [-0.15, -0.1) is 5.10 Å². The number of amidine groups is 1. The number of carbonyl (C=O) groups excluding carboxylic acids is 1. The Morgan fingerprint density at radius 3 is 2.54 bits per heavy atom. The Morgan fingerprint density at radius 2 is 1.88 bits per heavy atom. The van der Waals surface area contributed by atoms with Crippen molar-refractivity contribution in [2.75, 3.05) is 0 Å². The van der Waals surface area contributed by atoms with E-state index in [4.69, 9.17) is 11.6 Å². The molecule has 0 N–H and O–H groups in total. The SMILES string of the molecule is CC[C@H]1S/C(=N/N=C\c2ccc(Cl)cc2)N(Cc2ccc(F)cc2)C1=O. The van der Waals surface area contributed by atoms with Crippen LogP contribution in [0.4, 0.5) is 4.39 Å². The Balaban J connectivity index is 1.78. The van der Waals surface area contributed by atoms with E-state index >= 15 is 0 Å². The number of benzene rings is 2. The zero-order valence-electron chi connectivity index (χ0n) is 14.1. The van der Waals surface area contributed by atoms with Crippen molar-refractivity contribution in [3.05, 3.63) is 70.5 Å². The van der Waals surface area contributed by atoms with Gasteiger partial charge in [0.15, 0.2) is 5.17 Å². The van der Waals surface area contributed by atoms with Crippen molar-refractivity contribution in [3.8, 4) is 0 Å². The Hall–Kier alpha value is -2.18. The smallest absolute Gasteiger partial charge is 0.242 e. The number of rotatable bonds is 5. The van der Waals surface area contributed by atoms with Gasteiger partial charge in [0.05, 0.1) is 18.0 Å². The molecule has 7 heteroatoms. The molecule has 1 saturated heterocycles. The van der Waals surface area contributed by atoms with Gasteiger partial charge < -0.3 is 0 Å². The number of carbonyl (C=O) groups is 1. The second kappa shape index (κ2) is 8.47. The van der Waals surface area contributed by atoms with E-state index in [0.717, 1.165) is 11.1 Å². The average Bonchev–Trinajstić information content (AvgIpc) is 2.94. The minimum absolute atomic E-state index is 0.00210. The Morgan fingerprint density at radius 1 is 1.19 bits per heavy atom. The van der Waals surface area contributed by atoms with Crippen LogP contribution in [-0.4, -0.2) is 27.4 Å². The lowest BCUT2D eigenvalue weighted by atomic mass is 10.2. The molecule has 134 valence electrons. The van der Waals surface area contributed by atoms with E-state index in [0.29, 0.717) is 23.2 Å². The maximum atomic E-state index is 13.1. The zero-order valence-corrected chi connectivity index (χ0v) is 15.7. The van der Waals surface area contributed by atoms with Crippen LogP contribution in [0.3, 0.4) is 0 Å². The van der Waals surface area contributed by atoms with E-state index in [9.17, 15) is 9.18 Å². The molecular formula is C19H17ClFN3OS. The maximum absolute atomic E-state index is 13.1. The van der Waals surface area contributed by atoms with Crippen LogP contribution in [0, 0.1) is 5.82 Å². The molecular weight excluding hydrogens is 373 g/mol. The number of amides is 1. The van der Waals surface area contributed by atoms with Gasteiger partial charge in [-0.3, -0.25) is 9.69 Å². The molecule has 0 aliphatic carbocycles. The predicted molar refractivity (Wildman–Crippen MR) is 105 cm³/mol. The number of nitrogens with zero attached hydrogens (tertiary/aromatic N) is 3. The van der Waals surface area contributed by atoms with E-state index in [1.165, 1.54) is 23.9 Å². The molecule has 1 heterocycles. The first-order valence-corrected chi connectivity index (χ1v) is 9.41. The molecule has 0 unspecified atom stereocenters. The summed E-state index contributed by atoms with van der Waals surface area (Å²) in [5.41, 5.74) is 1.71. The van der Waals surface area contributed by atoms with Gasteiger partial charge in [-0.2, -0.15) is 5.10 Å². The third-order valence-electron chi connectivity index (χ3n) is 3.86. The molecule has 0 bridgehead atoms. The van der Waals surface area contributed by atoms with Crippen molar-refractivity contribution in [1.29, 1.82) is 0 Å². The van der Waals surface area contributed by atoms with Crippen molar-refractivity contribution in [2.45, 2.75) is 25.1 Å². The minimum Gasteiger partial charge on any atom is -0.284 e. The van der Waals surface area contributed by atoms with Gasteiger partial charge in [-0.05, 0) is 41.8 Å². The highest BCUT2D eigenvalue weighted by atomic mass is 35.5. The van der Waals surface area contributed by atoms with Crippen LogP contribution in [0.2, 0.25) is 5.02 Å². The Labute approximate surface area is 160 Å². The van der Waals surface area contributed by atoms with Gasteiger partial charge in [0.25, 0.3) is 0 Å². The molecule has 1 aliphatic heterocycles. The van der Waals surface area contributed by atoms with Crippen molar-refractivity contribution in [3.63, 3.8) is 0 Å². The molecule has 0 aromatic heterocycles. The Kier molecular flexibility index (Phi) is 6.06. The zero-order chi connectivity index (χ0) is 18.5. The molecule has 2 aromatic rings. The van der Waals surface area contributed by atoms with Gasteiger partial charge >= 0.3 is 0 Å². The first-order chi connectivity index (χ1) is 12.6. The fourth-order valence-electron chi connectivity index (χ4n) is 2.46. The molecule has 0 saturated carbocycles. The molecule has 0 spiro atoms. The standard InChI is InChI=1S/C19H17ClFN3OS/c1-2-17-18(25)24(12-14-5-9-16(21)10-6-14)19(26-17)23-22-11-13-3-7-15(20)8-4-13/h3-11,17H,2,12H2,1H3/b22-11-,23-19+/t17-/m1/s1. The number of hydrogen-bond donors (Lipinski definition) is 0. The summed E-state index contributed by atoms with van der Waals surface area (Å²) >= 11 is 7.26. The molecule has 2 aromatic carbocycles. The fraction of sp³-hybridized carbons (Fsp3) is 0.211. The van der Waals surface area contributed by atoms with E-state index in [1.54, 1.807) is 35.4 Å². The third kappa shape index (κ3) is 4.51. The first kappa shape index (κ1) is 18.6. The summed E-state index contributed by atoms with van der Waals surface area (Å²) in [6, 6.07) is 13.3. The van der Waals surface area contributed by atoms with Crippen LogP contribution in [0.5, 0.6) is 0 Å². The van der Waals surface area contributed by atoms with Crippen molar-refractivity contribution in [1.82, 2.24) is 4.90 Å². The van der Waals surface area contributed by atoms with Gasteiger partial charge in [0, 0.05) is 5.02 Å². The van der Waals surface area contributed by atoms with Crippen LogP contribution >= 0.6 is 23.4 Å². The minimum atomic E-state index is -0.302. The third-order valence-corrected chi connectivity index (χ3v) is 5.45. The highest BCUT2D eigenvalue weighted by Crippen LogP contribution is 2.30. The summed E-state index contributed by atoms with van der Waals surface area (Å²) < 4.78 is 13.1. The summed E-state index contributed by atoms with van der Waals surface area (Å²) in [5, 5.41) is 9.38. The lowest BCUT2D eigenvalue weighted by Gasteiger charge is -2.15. The van der Waals surface area contributed by atoms with Gasteiger partial charge in [-0.1, -0.05) is 54.6 Å². The van der Waals surface area contributed by atoms with E-state index in [-0.39, 0.29) is 17.0 Å². The summed E-state index contributed by atoms with van der Waals surface area (Å²) in [6.07, 6.45) is 2.33. The first-order valence-electron chi connectivity index (χ1n) is 8.16. The quantitative estimate of drug-likeness (QED) is 0.548. The lowest BCUT2D eigenvalue weighted by molar-refractivity contribution is -0.126. The lowest BCUT2D eigenvalue weighted by Crippen LogP contribution is -2.31. The van der Waals surface area contributed by atoms with Gasteiger partial charge in [0.2, 0.25) is 5.91 Å². The van der Waals surface area contributed by atoms with Crippen LogP contribution in [0.15, 0.2) is 58.7 Å². The second-order valence-corrected chi connectivity index (χ2v) is 7.35. The number of halogens is 2. The number of thioether (sulfide) groups is 1. The van der Waals surface area contributed by atoms with Crippen LogP contribution in [0.1, 0.15) is 24.5 Å². The molecule has 4 nitrogen and oxygen atoms in total. The average molecular weight is 390 g/mol. The van der Waals surface area contributed by atoms with Crippen molar-refractivity contribution < 1.29 is 9.18 Å². The van der Waals surface area contributed by atoms with E-state index < -0.39 is 0 Å². The van der Waals surface area contributed by atoms with Gasteiger partial charge in [-0.25, -0.2) is 4.39 Å².